The van der Waals surface area contributed by atoms with E-state index < -0.39 is 15.6 Å². The number of carbonyl (C=O) groups excluding carboxylic acids is 1. The molecule has 1 aliphatic heterocycles. The largest absolute Gasteiger partial charge is 0.481 e. The molecule has 2 N–H and O–H groups in total. The molecule has 1 aliphatic rings. The van der Waals surface area contributed by atoms with E-state index in [-0.39, 0.29) is 28.8 Å². The fourth-order valence-corrected chi connectivity index (χ4v) is 2.69. The molecule has 0 aliphatic carbocycles. The lowest BCUT2D eigenvalue weighted by molar-refractivity contribution is -0.387. The predicted octanol–water partition coefficient (Wildman–Crippen LogP) is 1.88. The second-order valence-electron chi connectivity index (χ2n) is 4.83. The molecule has 1 aromatic rings. The second-order valence-corrected chi connectivity index (χ2v) is 6.49. The smallest absolute Gasteiger partial charge is 0.319 e. The number of nitrogens with zero attached hydrogens (tertiary/aromatic N) is 1. The molecule has 0 spiro atoms. The van der Waals surface area contributed by atoms with Crippen LogP contribution in [0.25, 0.3) is 0 Å². The van der Waals surface area contributed by atoms with Gasteiger partial charge in [-0.3, -0.25) is 19.7 Å². The number of carbonyl (C=O) groups is 2. The molecule has 0 saturated heterocycles. The van der Waals surface area contributed by atoms with Gasteiger partial charge in [0.1, 0.15) is 4.75 Å². The van der Waals surface area contributed by atoms with Crippen molar-refractivity contribution in [3.63, 3.8) is 0 Å². The number of benzene rings is 1. The van der Waals surface area contributed by atoms with E-state index in [1.54, 1.807) is 0 Å². The summed E-state index contributed by atoms with van der Waals surface area (Å²) in [6.45, 7) is 2.67. The molecule has 0 aromatic heterocycles. The molecule has 0 saturated carbocycles. The van der Waals surface area contributed by atoms with Gasteiger partial charge in [-0.25, -0.2) is 0 Å². The molecule has 112 valence electrons. The maximum absolute atomic E-state index is 11.3. The third-order valence-corrected chi connectivity index (χ3v) is 4.00. The van der Waals surface area contributed by atoms with E-state index in [2.05, 4.69) is 5.32 Å². The summed E-state index contributed by atoms with van der Waals surface area (Å²) in [4.78, 5) is 33.1. The number of ether oxygens (including phenoxy) is 1. The van der Waals surface area contributed by atoms with Crippen molar-refractivity contribution in [1.29, 1.82) is 0 Å². The summed E-state index contributed by atoms with van der Waals surface area (Å²) < 4.78 is 3.87. The van der Waals surface area contributed by atoms with Crippen LogP contribution in [-0.2, 0) is 9.59 Å². The standard InChI is InChI=1S/C12H12N2O6S/c1-12(2,11(16)17)21-9-3-6-8(4-7(9)14(18)19)20-5-10(15)13-6/h3-4H,5H2,1-2H3,(H,13,15)(H,16,17). The molecule has 2 rings (SSSR count). The minimum atomic E-state index is -1.25. The minimum Gasteiger partial charge on any atom is -0.481 e. The molecule has 9 heteroatoms. The highest BCUT2D eigenvalue weighted by molar-refractivity contribution is 8.01. The Labute approximate surface area is 123 Å². The van der Waals surface area contributed by atoms with Crippen LogP contribution in [0.1, 0.15) is 13.8 Å². The van der Waals surface area contributed by atoms with Gasteiger partial charge in [0.05, 0.1) is 21.6 Å². The van der Waals surface area contributed by atoms with E-state index in [0.29, 0.717) is 5.69 Å². The van der Waals surface area contributed by atoms with Crippen LogP contribution in [0.5, 0.6) is 5.75 Å². The summed E-state index contributed by atoms with van der Waals surface area (Å²) in [5.74, 6) is -1.27. The first-order valence-corrected chi connectivity index (χ1v) is 6.70. The fourth-order valence-electron chi connectivity index (χ4n) is 1.64. The van der Waals surface area contributed by atoms with Gasteiger partial charge < -0.3 is 15.2 Å². The number of amides is 1. The maximum Gasteiger partial charge on any atom is 0.319 e. The second kappa shape index (κ2) is 5.24. The Morgan fingerprint density at radius 2 is 2.19 bits per heavy atom. The molecule has 21 heavy (non-hydrogen) atoms. The van der Waals surface area contributed by atoms with Gasteiger partial charge in [-0.15, -0.1) is 11.8 Å². The van der Waals surface area contributed by atoms with Crippen molar-refractivity contribution in [3.8, 4) is 5.75 Å². The van der Waals surface area contributed by atoms with Crippen molar-refractivity contribution in [2.24, 2.45) is 0 Å². The highest BCUT2D eigenvalue weighted by Gasteiger charge is 2.33. The van der Waals surface area contributed by atoms with Crippen molar-refractivity contribution in [3.05, 3.63) is 22.2 Å². The van der Waals surface area contributed by atoms with Gasteiger partial charge in [-0.1, -0.05) is 0 Å². The van der Waals surface area contributed by atoms with Crippen LogP contribution in [0.2, 0.25) is 0 Å². The average molecular weight is 312 g/mol. The summed E-state index contributed by atoms with van der Waals surface area (Å²) >= 11 is 0.835. The summed E-state index contributed by atoms with van der Waals surface area (Å²) in [6, 6.07) is 2.55. The topological polar surface area (TPSA) is 119 Å². The summed E-state index contributed by atoms with van der Waals surface area (Å²) in [5.41, 5.74) is 0.0322. The summed E-state index contributed by atoms with van der Waals surface area (Å²) in [6.07, 6.45) is 0. The van der Waals surface area contributed by atoms with Gasteiger partial charge in [-0.05, 0) is 19.9 Å². The molecular formula is C12H12N2O6S. The van der Waals surface area contributed by atoms with E-state index in [4.69, 9.17) is 9.84 Å². The molecule has 0 fully saturated rings. The van der Waals surface area contributed by atoms with Crippen molar-refractivity contribution in [1.82, 2.24) is 0 Å². The van der Waals surface area contributed by atoms with Gasteiger partial charge in [0, 0.05) is 0 Å². The van der Waals surface area contributed by atoms with Crippen LogP contribution in [0.15, 0.2) is 17.0 Å². The van der Waals surface area contributed by atoms with Crippen molar-refractivity contribution in [2.75, 3.05) is 11.9 Å². The highest BCUT2D eigenvalue weighted by atomic mass is 32.2. The first kappa shape index (κ1) is 15.1. The Kier molecular flexibility index (Phi) is 3.77. The molecular weight excluding hydrogens is 300 g/mol. The highest BCUT2D eigenvalue weighted by Crippen LogP contribution is 2.43. The zero-order valence-corrected chi connectivity index (χ0v) is 12.0. The minimum absolute atomic E-state index is 0.150. The molecule has 0 atom stereocenters. The maximum atomic E-state index is 11.3. The molecule has 0 bridgehead atoms. The van der Waals surface area contributed by atoms with E-state index in [1.807, 2.05) is 0 Å². The van der Waals surface area contributed by atoms with Crippen LogP contribution in [-0.4, -0.2) is 33.3 Å². The number of hydrogen-bond donors (Lipinski definition) is 2. The molecule has 0 radical (unpaired) electrons. The van der Waals surface area contributed by atoms with E-state index in [1.165, 1.54) is 26.0 Å². The predicted molar refractivity (Wildman–Crippen MR) is 74.8 cm³/mol. The van der Waals surface area contributed by atoms with E-state index >= 15 is 0 Å². The van der Waals surface area contributed by atoms with Crippen molar-refractivity contribution >= 4 is 35.0 Å². The Balaban J connectivity index is 2.48. The molecule has 1 amide bonds. The first-order valence-electron chi connectivity index (χ1n) is 5.88. The van der Waals surface area contributed by atoms with Crippen LogP contribution in [0, 0.1) is 10.1 Å². The molecule has 1 heterocycles. The Bertz CT molecular complexity index is 643. The van der Waals surface area contributed by atoms with Gasteiger partial charge >= 0.3 is 5.97 Å². The number of nitro benzene ring substituents is 1. The Morgan fingerprint density at radius 3 is 2.76 bits per heavy atom. The van der Waals surface area contributed by atoms with Gasteiger partial charge in [0.25, 0.3) is 11.6 Å². The van der Waals surface area contributed by atoms with Crippen LogP contribution in [0.4, 0.5) is 11.4 Å². The first-order chi connectivity index (χ1) is 9.70. The lowest BCUT2D eigenvalue weighted by Gasteiger charge is -2.21. The van der Waals surface area contributed by atoms with Gasteiger partial charge in [0.2, 0.25) is 0 Å². The number of hydrogen-bond acceptors (Lipinski definition) is 6. The lowest BCUT2D eigenvalue weighted by atomic mass is 10.2. The lowest BCUT2D eigenvalue weighted by Crippen LogP contribution is -2.27. The van der Waals surface area contributed by atoms with E-state index in [9.17, 15) is 19.7 Å². The zero-order chi connectivity index (χ0) is 15.8. The van der Waals surface area contributed by atoms with Crippen LogP contribution >= 0.6 is 11.8 Å². The molecule has 8 nitrogen and oxygen atoms in total. The molecule has 0 unspecified atom stereocenters. The average Bonchev–Trinajstić information content (AvgIpc) is 2.36. The monoisotopic (exact) mass is 312 g/mol. The normalized spacial score (nSPS) is 13.9. The number of aliphatic carboxylic acids is 1. The number of thioether (sulfide) groups is 1. The molecule has 1 aromatic carbocycles. The number of rotatable bonds is 4. The Hall–Kier alpha value is -2.29. The van der Waals surface area contributed by atoms with Gasteiger partial charge in [0.15, 0.2) is 12.4 Å². The van der Waals surface area contributed by atoms with Crippen LogP contribution in [0.3, 0.4) is 0 Å². The quantitative estimate of drug-likeness (QED) is 0.495. The van der Waals surface area contributed by atoms with Crippen LogP contribution < -0.4 is 10.1 Å². The van der Waals surface area contributed by atoms with Crippen molar-refractivity contribution in [2.45, 2.75) is 23.5 Å². The SMILES string of the molecule is CC(C)(Sc1cc2c(cc1[N+](=O)[O-])OCC(=O)N2)C(=O)O. The number of nitro groups is 1. The number of anilines is 1. The summed E-state index contributed by atoms with van der Waals surface area (Å²) in [5, 5.41) is 22.8. The fraction of sp³-hybridized carbons (Fsp3) is 0.333. The number of carboxylic acids is 1. The van der Waals surface area contributed by atoms with Gasteiger partial charge in [-0.2, -0.15) is 0 Å². The Morgan fingerprint density at radius 1 is 1.52 bits per heavy atom. The zero-order valence-electron chi connectivity index (χ0n) is 11.2. The summed E-state index contributed by atoms with van der Waals surface area (Å²) in [7, 11) is 0. The number of carboxylic acid groups (broad SMARTS) is 1. The third kappa shape index (κ3) is 3.07. The number of fused-ring (bicyclic) bond motifs is 1. The van der Waals surface area contributed by atoms with Crippen molar-refractivity contribution < 1.29 is 24.4 Å². The third-order valence-electron chi connectivity index (χ3n) is 2.77. The van der Waals surface area contributed by atoms with E-state index in [0.717, 1.165) is 11.8 Å². The number of nitrogens with one attached hydrogen (secondary N) is 1.